The second kappa shape index (κ2) is 14.0. The van der Waals surface area contributed by atoms with Gasteiger partial charge in [-0.1, -0.05) is 41.4 Å². The molecule has 2 rings (SSSR count). The summed E-state index contributed by atoms with van der Waals surface area (Å²) in [5.74, 6) is 0.815. The number of aromatic nitrogens is 4. The third-order valence-electron chi connectivity index (χ3n) is 3.51. The van der Waals surface area contributed by atoms with Crippen molar-refractivity contribution >= 4 is 68.5 Å². The third kappa shape index (κ3) is 9.37. The molecule has 0 aromatic carbocycles. The maximum Gasteiger partial charge on any atom is 0.437 e. The molecule has 20 heteroatoms. The quantitative estimate of drug-likeness (QED) is 0.455. The standard InChI is InChI=1S/C9H14N4O3S2.C8H12N4O5S2/c1-5-17-8-11-13(9(15)16-4)7(18-8)10-6(14)12(2)3;1-11(2)5(13)9-6-12(8(14)17-3)10-7(18-6)19(4,15)16/h5H2,1-4H3;1-4H3. The van der Waals surface area contributed by atoms with Gasteiger partial charge >= 0.3 is 24.2 Å². The monoisotopic (exact) mass is 598 g/mol. The second-order valence-electron chi connectivity index (χ2n) is 6.85. The van der Waals surface area contributed by atoms with Crippen molar-refractivity contribution < 1.29 is 37.1 Å². The van der Waals surface area contributed by atoms with Gasteiger partial charge in [-0.2, -0.15) is 9.98 Å². The van der Waals surface area contributed by atoms with E-state index in [9.17, 15) is 27.6 Å². The average Bonchev–Trinajstić information content (AvgIpc) is 3.42. The fourth-order valence-corrected chi connectivity index (χ4v) is 5.25. The summed E-state index contributed by atoms with van der Waals surface area (Å²) in [6.07, 6.45) is -0.665. The lowest BCUT2D eigenvalue weighted by atomic mass is 10.8. The summed E-state index contributed by atoms with van der Waals surface area (Å²) in [6.45, 7) is 1.97. The van der Waals surface area contributed by atoms with Crippen molar-refractivity contribution in [3.63, 3.8) is 0 Å². The number of hydrogen-bond acceptors (Lipinski definition) is 13. The molecule has 2 aromatic heterocycles. The molecule has 0 N–H and O–H groups in total. The Hall–Kier alpha value is -3.10. The third-order valence-corrected chi connectivity index (χ3v) is 8.01. The van der Waals surface area contributed by atoms with Gasteiger partial charge in [0.05, 0.1) is 14.2 Å². The molecular weight excluding hydrogens is 573 g/mol. The Bertz CT molecular complexity index is 1380. The number of sulfone groups is 1. The van der Waals surface area contributed by atoms with E-state index in [1.165, 1.54) is 54.1 Å². The van der Waals surface area contributed by atoms with Crippen molar-refractivity contribution in [3.8, 4) is 0 Å². The van der Waals surface area contributed by atoms with E-state index in [1.807, 2.05) is 6.92 Å². The first-order valence-corrected chi connectivity index (χ1v) is 14.4. The minimum atomic E-state index is -3.61. The first-order chi connectivity index (χ1) is 17.2. The highest BCUT2D eigenvalue weighted by molar-refractivity contribution is 8.00. The predicted octanol–water partition coefficient (Wildman–Crippen LogP) is 0.798. The summed E-state index contributed by atoms with van der Waals surface area (Å²) in [5.41, 5.74) is 0. The van der Waals surface area contributed by atoms with Crippen LogP contribution in [0.3, 0.4) is 0 Å². The van der Waals surface area contributed by atoms with Gasteiger partial charge in [0.2, 0.25) is 23.8 Å². The molecule has 0 radical (unpaired) electrons. The van der Waals surface area contributed by atoms with E-state index in [4.69, 9.17) is 0 Å². The van der Waals surface area contributed by atoms with Crippen molar-refractivity contribution in [3.05, 3.63) is 9.60 Å². The minimum Gasteiger partial charge on any atom is -0.451 e. The van der Waals surface area contributed by atoms with Gasteiger partial charge in [-0.15, -0.1) is 19.6 Å². The van der Waals surface area contributed by atoms with Crippen molar-refractivity contribution in [2.45, 2.75) is 15.6 Å². The van der Waals surface area contributed by atoms with E-state index in [-0.39, 0.29) is 13.9 Å². The second-order valence-corrected chi connectivity index (χ2v) is 12.5. The van der Waals surface area contributed by atoms with Gasteiger partial charge in [-0.25, -0.2) is 27.6 Å². The zero-order valence-electron chi connectivity index (χ0n) is 21.2. The topological polar surface area (TPSA) is 188 Å². The van der Waals surface area contributed by atoms with Crippen LogP contribution in [0.1, 0.15) is 6.92 Å². The first kappa shape index (κ1) is 31.9. The van der Waals surface area contributed by atoms with Gasteiger partial charge in [-0.3, -0.25) is 0 Å². The van der Waals surface area contributed by atoms with Gasteiger partial charge < -0.3 is 19.3 Å². The lowest BCUT2D eigenvalue weighted by Crippen LogP contribution is -2.28. The van der Waals surface area contributed by atoms with Crippen LogP contribution >= 0.6 is 34.4 Å². The molecular formula is C17H26N8O8S4. The van der Waals surface area contributed by atoms with Crippen LogP contribution in [0.2, 0.25) is 0 Å². The SMILES string of the molecule is CCSc1nn(C(=O)OC)c(=NC(=O)N(C)C)s1.COC(=O)n1nc(S(C)(=O)=O)sc1=NC(=O)N(C)C. The average molecular weight is 599 g/mol. The summed E-state index contributed by atoms with van der Waals surface area (Å²) in [5, 5.41) is 7.62. The molecule has 4 amide bonds. The van der Waals surface area contributed by atoms with Gasteiger partial charge in [0.25, 0.3) is 0 Å². The number of methoxy groups -OCH3 is 2. The Kier molecular flexibility index (Phi) is 12.1. The number of thioether (sulfide) groups is 1. The largest absolute Gasteiger partial charge is 0.451 e. The van der Waals surface area contributed by atoms with Gasteiger partial charge in [0.1, 0.15) is 0 Å². The fourth-order valence-electron chi connectivity index (χ4n) is 1.78. The number of carbonyl (C=O) groups excluding carboxylic acids is 4. The summed E-state index contributed by atoms with van der Waals surface area (Å²) in [6, 6.07) is -1.11. The van der Waals surface area contributed by atoms with Crippen molar-refractivity contribution in [2.75, 3.05) is 54.4 Å². The van der Waals surface area contributed by atoms with Crippen LogP contribution in [0, 0.1) is 0 Å². The number of hydrogen-bond donors (Lipinski definition) is 0. The number of ether oxygens (including phenoxy) is 2. The highest BCUT2D eigenvalue weighted by Gasteiger charge is 2.20. The molecule has 0 aliphatic rings. The van der Waals surface area contributed by atoms with Crippen LogP contribution in [0.5, 0.6) is 0 Å². The molecule has 0 saturated carbocycles. The molecule has 16 nitrogen and oxygen atoms in total. The molecule has 0 bridgehead atoms. The minimum absolute atomic E-state index is 0.175. The van der Waals surface area contributed by atoms with Gasteiger partial charge in [-0.05, 0) is 5.75 Å². The summed E-state index contributed by atoms with van der Waals surface area (Å²) in [7, 11) is 4.84. The maximum absolute atomic E-state index is 11.5. The van der Waals surface area contributed by atoms with Crippen LogP contribution in [-0.2, 0) is 19.3 Å². The maximum atomic E-state index is 11.5. The summed E-state index contributed by atoms with van der Waals surface area (Å²) < 4.78 is 33.7. The Labute approximate surface area is 224 Å². The lowest BCUT2D eigenvalue weighted by molar-refractivity contribution is 0.166. The zero-order valence-corrected chi connectivity index (χ0v) is 24.4. The Morgan fingerprint density at radius 1 is 0.892 bits per heavy atom. The van der Waals surface area contributed by atoms with Gasteiger partial charge in [0.15, 0.2) is 4.34 Å². The van der Waals surface area contributed by atoms with Crippen LogP contribution in [0.15, 0.2) is 18.7 Å². The molecule has 0 saturated heterocycles. The summed E-state index contributed by atoms with van der Waals surface area (Å²) in [4.78, 5) is 55.8. The molecule has 0 spiro atoms. The first-order valence-electron chi connectivity index (χ1n) is 9.88. The number of rotatable bonds is 3. The molecule has 37 heavy (non-hydrogen) atoms. The smallest absolute Gasteiger partial charge is 0.437 e. The number of urea groups is 2. The van der Waals surface area contributed by atoms with E-state index in [2.05, 4.69) is 29.7 Å². The van der Waals surface area contributed by atoms with Crippen LogP contribution in [0.4, 0.5) is 19.2 Å². The number of nitrogens with zero attached hydrogens (tertiary/aromatic N) is 8. The zero-order chi connectivity index (χ0) is 28.5. The number of carbonyl (C=O) groups is 4. The molecule has 0 aliphatic carbocycles. The van der Waals surface area contributed by atoms with Crippen molar-refractivity contribution in [1.29, 1.82) is 0 Å². The lowest BCUT2D eigenvalue weighted by Gasteiger charge is -2.03. The molecule has 0 unspecified atom stereocenters. The molecule has 0 atom stereocenters. The van der Waals surface area contributed by atoms with E-state index >= 15 is 0 Å². The van der Waals surface area contributed by atoms with E-state index in [0.29, 0.717) is 20.4 Å². The molecule has 2 heterocycles. The predicted molar refractivity (Wildman–Crippen MR) is 135 cm³/mol. The number of amides is 4. The van der Waals surface area contributed by atoms with Crippen molar-refractivity contribution in [2.24, 2.45) is 9.98 Å². The molecule has 0 fully saturated rings. The Morgan fingerprint density at radius 3 is 1.70 bits per heavy atom. The van der Waals surface area contributed by atoms with Crippen molar-refractivity contribution in [1.82, 2.24) is 29.4 Å². The van der Waals surface area contributed by atoms with Crippen LogP contribution in [0.25, 0.3) is 0 Å². The molecule has 0 aliphatic heterocycles. The molecule has 2 aromatic rings. The van der Waals surface area contributed by atoms with Gasteiger partial charge in [0, 0.05) is 34.4 Å². The van der Waals surface area contributed by atoms with E-state index in [0.717, 1.165) is 23.8 Å². The molecule has 206 valence electrons. The Morgan fingerprint density at radius 2 is 1.32 bits per heavy atom. The van der Waals surface area contributed by atoms with Crippen LogP contribution < -0.4 is 9.60 Å². The van der Waals surface area contributed by atoms with Crippen LogP contribution in [-0.4, -0.2) is 116 Å². The highest BCUT2D eigenvalue weighted by Crippen LogP contribution is 2.16. The van der Waals surface area contributed by atoms with E-state index in [1.54, 1.807) is 14.1 Å². The Balaban J connectivity index is 0.000000371. The summed E-state index contributed by atoms with van der Waals surface area (Å²) >= 11 is 3.25. The normalized spacial score (nSPS) is 11.9. The fraction of sp³-hybridized carbons (Fsp3) is 0.529. The highest BCUT2D eigenvalue weighted by atomic mass is 32.2. The van der Waals surface area contributed by atoms with E-state index < -0.39 is 34.1 Å².